The predicted octanol–water partition coefficient (Wildman–Crippen LogP) is 3.51. The maximum Gasteiger partial charge on any atom is 0.459 e. The highest BCUT2D eigenvalue weighted by Gasteiger charge is 2.66. The Morgan fingerprint density at radius 3 is 2.37 bits per heavy atom. The van der Waals surface area contributed by atoms with E-state index in [2.05, 4.69) is 15.2 Å². The van der Waals surface area contributed by atoms with Gasteiger partial charge >= 0.3 is 25.7 Å². The van der Waals surface area contributed by atoms with Gasteiger partial charge in [0.2, 0.25) is 5.60 Å². The first-order chi connectivity index (χ1) is 23.9. The molecular weight excluding hydrogens is 692 g/mol. The minimum absolute atomic E-state index is 0.0620. The molecule has 0 bridgehead atoms. The maximum absolute atomic E-state index is 15.7. The van der Waals surface area contributed by atoms with E-state index in [4.69, 9.17) is 33.7 Å². The second-order valence-electron chi connectivity index (χ2n) is 13.5. The van der Waals surface area contributed by atoms with Crippen LogP contribution in [0.4, 0.5) is 10.2 Å². The average Bonchev–Trinajstić information content (AvgIpc) is 3.64. The molecule has 18 heteroatoms. The minimum atomic E-state index is -4.64. The van der Waals surface area contributed by atoms with E-state index in [1.807, 2.05) is 0 Å². The van der Waals surface area contributed by atoms with Crippen molar-refractivity contribution < 1.29 is 56.4 Å². The summed E-state index contributed by atoms with van der Waals surface area (Å²) in [6.07, 6.45) is -0.599. The molecule has 16 nitrogen and oxygen atoms in total. The molecular formula is C33H45FN5O11P. The number of carbonyl (C=O) groups is 3. The molecule has 1 aliphatic rings. The number of esters is 3. The number of carbonyl (C=O) groups excluding carboxylic acids is 3. The number of nitrogens with one attached hydrogen (secondary N) is 1. The Morgan fingerprint density at radius 2 is 1.76 bits per heavy atom. The van der Waals surface area contributed by atoms with Crippen LogP contribution in [0.2, 0.25) is 0 Å². The molecule has 0 amide bonds. The standard InChI is InChI=1S/C33H45FN5O11P/c1-20(2)27(40)48-30-32(15-34,46-18-33(30,49-28(41)21(3)4)25-14-13-24-26(35)36-19-37-39(24)25)17-47-51(44,50-23-11-9-8-10-12-23)38-22(5)29(42)45-16-31(6,7)43/h8-14,19-22,30,43H,15-18H2,1-7H3,(H,38,44)(H2,35,36,37)/t22-,30+,32+,33+,51+/m0/s1. The van der Waals surface area contributed by atoms with E-state index in [0.717, 1.165) is 6.33 Å². The zero-order valence-corrected chi connectivity index (χ0v) is 30.4. The molecule has 51 heavy (non-hydrogen) atoms. The van der Waals surface area contributed by atoms with Crippen molar-refractivity contribution >= 4 is 37.0 Å². The van der Waals surface area contributed by atoms with Crippen LogP contribution in [0, 0.1) is 11.8 Å². The number of rotatable bonds is 16. The summed E-state index contributed by atoms with van der Waals surface area (Å²) in [4.78, 5) is 43.4. The molecule has 1 fully saturated rings. The van der Waals surface area contributed by atoms with Crippen molar-refractivity contribution in [3.63, 3.8) is 0 Å². The smallest absolute Gasteiger partial charge is 0.459 e. The van der Waals surface area contributed by atoms with Crippen molar-refractivity contribution in [2.75, 3.05) is 32.2 Å². The maximum atomic E-state index is 15.7. The van der Waals surface area contributed by atoms with Crippen LogP contribution in [-0.4, -0.2) is 87.5 Å². The van der Waals surface area contributed by atoms with Crippen molar-refractivity contribution in [3.8, 4) is 5.75 Å². The second kappa shape index (κ2) is 15.6. The molecule has 0 radical (unpaired) electrons. The lowest BCUT2D eigenvalue weighted by Crippen LogP contribution is -2.57. The third kappa shape index (κ3) is 9.02. The number of hydrogen-bond donors (Lipinski definition) is 3. The van der Waals surface area contributed by atoms with Crippen LogP contribution in [0.3, 0.4) is 0 Å². The SMILES string of the molecule is CC(C)C(=O)O[C@@H]1[C@@](CF)(CO[P@](=O)(N[C@@H](C)C(=O)OCC(C)(C)O)Oc2ccccc2)OC[C@@]1(OC(=O)C(C)C)c1ccc2c(N)ncnn12. The van der Waals surface area contributed by atoms with Gasteiger partial charge in [-0.2, -0.15) is 10.2 Å². The summed E-state index contributed by atoms with van der Waals surface area (Å²) in [5.41, 5.74) is 0.847. The normalized spacial score (nSPS) is 22.5. The van der Waals surface area contributed by atoms with Gasteiger partial charge in [-0.1, -0.05) is 45.9 Å². The van der Waals surface area contributed by atoms with Gasteiger partial charge in [-0.15, -0.1) is 0 Å². The Kier molecular flexibility index (Phi) is 12.1. The molecule has 1 saturated heterocycles. The third-order valence-corrected chi connectivity index (χ3v) is 9.42. The minimum Gasteiger partial charge on any atom is -0.461 e. The Hall–Kier alpha value is -4.15. The molecule has 4 rings (SSSR count). The highest BCUT2D eigenvalue weighted by Crippen LogP contribution is 2.51. The first-order valence-corrected chi connectivity index (χ1v) is 17.8. The van der Waals surface area contributed by atoms with Crippen molar-refractivity contribution in [3.05, 3.63) is 54.5 Å². The summed E-state index contributed by atoms with van der Waals surface area (Å²) in [5.74, 6) is -3.71. The number of nitrogens with zero attached hydrogens (tertiary/aromatic N) is 3. The average molecular weight is 738 g/mol. The molecule has 0 unspecified atom stereocenters. The number of anilines is 1. The molecule has 5 atom stereocenters. The molecule has 1 aromatic carbocycles. The fraction of sp³-hybridized carbons (Fsp3) is 0.545. The van der Waals surface area contributed by atoms with E-state index >= 15 is 4.39 Å². The van der Waals surface area contributed by atoms with Crippen molar-refractivity contribution in [2.24, 2.45) is 11.8 Å². The number of hydrogen-bond acceptors (Lipinski definition) is 14. The summed E-state index contributed by atoms with van der Waals surface area (Å²) < 4.78 is 66.2. The predicted molar refractivity (Wildman–Crippen MR) is 180 cm³/mol. The summed E-state index contributed by atoms with van der Waals surface area (Å²) in [6.45, 7) is 7.21. The van der Waals surface area contributed by atoms with Crippen LogP contribution in [0.5, 0.6) is 5.75 Å². The molecule has 0 spiro atoms. The quantitative estimate of drug-likeness (QED) is 0.109. The molecule has 2 aromatic heterocycles. The lowest BCUT2D eigenvalue weighted by atomic mass is 9.85. The highest BCUT2D eigenvalue weighted by atomic mass is 31.2. The van der Waals surface area contributed by atoms with Gasteiger partial charge in [0.1, 0.15) is 36.9 Å². The number of para-hydroxylation sites is 1. The number of aliphatic hydroxyl groups is 1. The van der Waals surface area contributed by atoms with Gasteiger partial charge in [-0.25, -0.2) is 18.5 Å². The number of benzene rings is 1. The fourth-order valence-corrected chi connectivity index (χ4v) is 6.58. The first kappa shape index (κ1) is 39.6. The number of alkyl halides is 1. The van der Waals surface area contributed by atoms with Gasteiger partial charge in [0, 0.05) is 0 Å². The zero-order valence-electron chi connectivity index (χ0n) is 29.5. The third-order valence-electron chi connectivity index (χ3n) is 7.80. The molecule has 3 heterocycles. The second-order valence-corrected chi connectivity index (χ2v) is 15.2. The number of fused-ring (bicyclic) bond motifs is 1. The van der Waals surface area contributed by atoms with Gasteiger partial charge in [-0.05, 0) is 45.0 Å². The number of nitrogens with two attached hydrogens (primary N) is 1. The van der Waals surface area contributed by atoms with Crippen LogP contribution in [0.15, 0.2) is 48.8 Å². The number of ether oxygens (including phenoxy) is 4. The first-order valence-electron chi connectivity index (χ1n) is 16.2. The van der Waals surface area contributed by atoms with Crippen molar-refractivity contribution in [1.29, 1.82) is 0 Å². The Balaban J connectivity index is 1.79. The highest BCUT2D eigenvalue weighted by molar-refractivity contribution is 7.52. The van der Waals surface area contributed by atoms with Crippen molar-refractivity contribution in [1.82, 2.24) is 19.7 Å². The van der Waals surface area contributed by atoms with E-state index in [1.54, 1.807) is 52.0 Å². The van der Waals surface area contributed by atoms with E-state index in [0.29, 0.717) is 5.52 Å². The lowest BCUT2D eigenvalue weighted by Gasteiger charge is -2.39. The summed E-state index contributed by atoms with van der Waals surface area (Å²) >= 11 is 0. The van der Waals surface area contributed by atoms with Gasteiger partial charge in [0.05, 0.1) is 36.3 Å². The lowest BCUT2D eigenvalue weighted by molar-refractivity contribution is -0.195. The van der Waals surface area contributed by atoms with Crippen molar-refractivity contribution in [2.45, 2.75) is 77.4 Å². The zero-order chi connectivity index (χ0) is 37.8. The summed E-state index contributed by atoms with van der Waals surface area (Å²) in [5, 5.41) is 16.7. The summed E-state index contributed by atoms with van der Waals surface area (Å²) in [6, 6.07) is 9.55. The van der Waals surface area contributed by atoms with E-state index in [9.17, 15) is 24.1 Å². The monoisotopic (exact) mass is 737 g/mol. The Morgan fingerprint density at radius 1 is 1.10 bits per heavy atom. The van der Waals surface area contributed by atoms with Gasteiger partial charge < -0.3 is 34.3 Å². The van der Waals surface area contributed by atoms with Crippen LogP contribution >= 0.6 is 7.75 Å². The molecule has 0 aliphatic carbocycles. The molecule has 1 aliphatic heterocycles. The Labute approximate surface area is 294 Å². The van der Waals surface area contributed by atoms with Crippen LogP contribution in [0.25, 0.3) is 5.52 Å². The van der Waals surface area contributed by atoms with E-state index in [-0.39, 0.29) is 23.9 Å². The van der Waals surface area contributed by atoms with Crippen LogP contribution in [-0.2, 0) is 48.0 Å². The number of aromatic nitrogens is 3. The van der Waals surface area contributed by atoms with Crippen LogP contribution in [0.1, 0.15) is 54.2 Å². The fourth-order valence-electron chi connectivity index (χ4n) is 5.03. The molecule has 280 valence electrons. The van der Waals surface area contributed by atoms with E-state index in [1.165, 1.54) is 43.5 Å². The van der Waals surface area contributed by atoms with Gasteiger partial charge in [0.25, 0.3) is 0 Å². The van der Waals surface area contributed by atoms with Crippen LogP contribution < -0.4 is 15.3 Å². The largest absolute Gasteiger partial charge is 0.461 e. The molecule has 0 saturated carbocycles. The van der Waals surface area contributed by atoms with Gasteiger partial charge in [-0.3, -0.25) is 18.9 Å². The summed E-state index contributed by atoms with van der Waals surface area (Å²) in [7, 11) is -4.64. The Bertz CT molecular complexity index is 1750. The number of nitrogen functional groups attached to an aromatic ring is 1. The topological polar surface area (TPSA) is 212 Å². The number of halogens is 1. The molecule has 3 aromatic rings. The van der Waals surface area contributed by atoms with E-state index < -0.39 is 86.3 Å². The van der Waals surface area contributed by atoms with Gasteiger partial charge in [0.15, 0.2) is 17.5 Å². The molecule has 4 N–H and O–H groups in total.